The van der Waals surface area contributed by atoms with E-state index < -0.39 is 0 Å². The maximum absolute atomic E-state index is 12.1. The highest BCUT2D eigenvalue weighted by atomic mass is 79.9. The van der Waals surface area contributed by atoms with Gasteiger partial charge >= 0.3 is 0 Å². The SMILES string of the molecule is CSc1ccc(/C=C2/SC(=Nc3ccccc3Br)NC2=O)cc1. The van der Waals surface area contributed by atoms with Crippen molar-refractivity contribution in [3.8, 4) is 0 Å². The first-order valence-corrected chi connectivity index (χ1v) is 9.67. The number of hydrogen-bond donors (Lipinski definition) is 1. The number of nitrogens with one attached hydrogen (secondary N) is 1. The molecule has 23 heavy (non-hydrogen) atoms. The van der Waals surface area contributed by atoms with Crippen molar-refractivity contribution < 1.29 is 4.79 Å². The van der Waals surface area contributed by atoms with E-state index in [9.17, 15) is 4.79 Å². The molecule has 1 heterocycles. The van der Waals surface area contributed by atoms with Crippen LogP contribution in [0.25, 0.3) is 6.08 Å². The topological polar surface area (TPSA) is 41.5 Å². The van der Waals surface area contributed by atoms with Gasteiger partial charge in [-0.1, -0.05) is 24.3 Å². The summed E-state index contributed by atoms with van der Waals surface area (Å²) in [7, 11) is 0. The number of aliphatic imine (C=N–C) groups is 1. The second-order valence-electron chi connectivity index (χ2n) is 4.71. The van der Waals surface area contributed by atoms with Crippen molar-refractivity contribution in [1.82, 2.24) is 5.32 Å². The van der Waals surface area contributed by atoms with E-state index in [1.807, 2.05) is 60.9 Å². The first-order valence-electron chi connectivity index (χ1n) is 6.84. The Labute approximate surface area is 151 Å². The molecule has 0 radical (unpaired) electrons. The minimum Gasteiger partial charge on any atom is -0.300 e. The Kier molecular flexibility index (Phi) is 5.25. The van der Waals surface area contributed by atoms with Gasteiger partial charge in [-0.25, -0.2) is 4.99 Å². The maximum Gasteiger partial charge on any atom is 0.264 e. The van der Waals surface area contributed by atoms with Crippen LogP contribution >= 0.6 is 39.5 Å². The predicted octanol–water partition coefficient (Wildman–Crippen LogP) is 5.06. The molecule has 2 aromatic carbocycles. The summed E-state index contributed by atoms with van der Waals surface area (Å²) >= 11 is 6.50. The summed E-state index contributed by atoms with van der Waals surface area (Å²) < 4.78 is 0.896. The largest absolute Gasteiger partial charge is 0.300 e. The monoisotopic (exact) mass is 404 g/mol. The normalized spacial score (nSPS) is 17.7. The lowest BCUT2D eigenvalue weighted by Crippen LogP contribution is -2.19. The van der Waals surface area contributed by atoms with E-state index in [4.69, 9.17) is 0 Å². The number of hydrogen-bond acceptors (Lipinski definition) is 4. The van der Waals surface area contributed by atoms with E-state index in [-0.39, 0.29) is 5.91 Å². The maximum atomic E-state index is 12.1. The van der Waals surface area contributed by atoms with Crippen molar-refractivity contribution in [2.45, 2.75) is 4.90 Å². The third-order valence-electron chi connectivity index (χ3n) is 3.14. The summed E-state index contributed by atoms with van der Waals surface area (Å²) in [6.07, 6.45) is 3.92. The second kappa shape index (κ2) is 7.38. The van der Waals surface area contributed by atoms with Gasteiger partial charge in [0.1, 0.15) is 0 Å². The van der Waals surface area contributed by atoms with E-state index >= 15 is 0 Å². The van der Waals surface area contributed by atoms with E-state index in [1.165, 1.54) is 16.7 Å². The van der Waals surface area contributed by atoms with Crippen LogP contribution in [-0.2, 0) is 4.79 Å². The molecule has 0 saturated carbocycles. The molecular weight excluding hydrogens is 392 g/mol. The molecule has 1 fully saturated rings. The summed E-state index contributed by atoms with van der Waals surface area (Å²) in [5, 5.41) is 3.39. The van der Waals surface area contributed by atoms with Crippen LogP contribution in [0.4, 0.5) is 5.69 Å². The number of halogens is 1. The minimum atomic E-state index is -0.116. The van der Waals surface area contributed by atoms with E-state index in [0.717, 1.165) is 15.7 Å². The molecule has 1 saturated heterocycles. The van der Waals surface area contributed by atoms with Crippen LogP contribution in [0.5, 0.6) is 0 Å². The average molecular weight is 405 g/mol. The van der Waals surface area contributed by atoms with Crippen LogP contribution < -0.4 is 5.32 Å². The van der Waals surface area contributed by atoms with Gasteiger partial charge < -0.3 is 5.32 Å². The van der Waals surface area contributed by atoms with Crippen molar-refractivity contribution in [3.63, 3.8) is 0 Å². The van der Waals surface area contributed by atoms with Gasteiger partial charge in [-0.15, -0.1) is 11.8 Å². The van der Waals surface area contributed by atoms with E-state index in [1.54, 1.807) is 11.8 Å². The number of carbonyl (C=O) groups excluding carboxylic acids is 1. The number of rotatable bonds is 3. The van der Waals surface area contributed by atoms with Crippen molar-refractivity contribution in [1.29, 1.82) is 0 Å². The van der Waals surface area contributed by atoms with Crippen molar-refractivity contribution in [2.75, 3.05) is 6.26 Å². The Balaban J connectivity index is 1.82. The molecule has 116 valence electrons. The Morgan fingerprint density at radius 1 is 1.17 bits per heavy atom. The highest BCUT2D eigenvalue weighted by Crippen LogP contribution is 2.31. The first-order chi connectivity index (χ1) is 11.2. The Hall–Kier alpha value is -1.50. The van der Waals surface area contributed by atoms with Gasteiger partial charge in [-0.2, -0.15) is 0 Å². The molecule has 3 nitrogen and oxygen atoms in total. The summed E-state index contributed by atoms with van der Waals surface area (Å²) in [5.74, 6) is -0.116. The Bertz CT molecular complexity index is 800. The summed E-state index contributed by atoms with van der Waals surface area (Å²) in [6, 6.07) is 15.8. The third-order valence-corrected chi connectivity index (χ3v) is 5.46. The van der Waals surface area contributed by atoms with Crippen LogP contribution in [0, 0.1) is 0 Å². The van der Waals surface area contributed by atoms with Crippen molar-refractivity contribution >= 4 is 62.3 Å². The van der Waals surface area contributed by atoms with Gasteiger partial charge in [0.05, 0.1) is 10.6 Å². The molecule has 6 heteroatoms. The fraction of sp³-hybridized carbons (Fsp3) is 0.0588. The molecule has 0 unspecified atom stereocenters. The zero-order valence-corrected chi connectivity index (χ0v) is 15.5. The molecule has 0 bridgehead atoms. The molecule has 0 aliphatic carbocycles. The molecular formula is C17H13BrN2OS2. The molecule has 1 amide bonds. The standard InChI is InChI=1S/C17H13BrN2OS2/c1-22-12-8-6-11(7-9-12)10-15-16(21)20-17(23-15)19-14-5-3-2-4-13(14)18/h2-10H,1H3,(H,19,20,21)/b15-10+. The van der Waals surface area contributed by atoms with Crippen molar-refractivity contribution in [3.05, 3.63) is 63.5 Å². The average Bonchev–Trinajstić information content (AvgIpc) is 2.90. The van der Waals surface area contributed by atoms with Crippen molar-refractivity contribution in [2.24, 2.45) is 4.99 Å². The zero-order valence-electron chi connectivity index (χ0n) is 12.2. The number of amides is 1. The van der Waals surface area contributed by atoms with Crippen LogP contribution in [0.1, 0.15) is 5.56 Å². The molecule has 2 aromatic rings. The molecule has 3 rings (SSSR count). The smallest absolute Gasteiger partial charge is 0.264 e. The molecule has 1 N–H and O–H groups in total. The molecule has 1 aliphatic heterocycles. The fourth-order valence-corrected chi connectivity index (χ4v) is 3.60. The van der Waals surface area contributed by atoms with Crippen LogP contribution in [0.3, 0.4) is 0 Å². The van der Waals surface area contributed by atoms with Gasteiger partial charge in [-0.3, -0.25) is 4.79 Å². The van der Waals surface area contributed by atoms with Crippen LogP contribution in [0.15, 0.2) is 67.8 Å². The molecule has 0 spiro atoms. The van der Waals surface area contributed by atoms with E-state index in [2.05, 4.69) is 26.2 Å². The summed E-state index contributed by atoms with van der Waals surface area (Å²) in [5.41, 5.74) is 1.79. The van der Waals surface area contributed by atoms with Crippen LogP contribution in [0.2, 0.25) is 0 Å². The Morgan fingerprint density at radius 2 is 1.91 bits per heavy atom. The third kappa shape index (κ3) is 4.07. The number of thioether (sulfide) groups is 2. The predicted molar refractivity (Wildman–Crippen MR) is 103 cm³/mol. The highest BCUT2D eigenvalue weighted by molar-refractivity contribution is 9.10. The minimum absolute atomic E-state index is 0.116. The quantitative estimate of drug-likeness (QED) is 0.573. The van der Waals surface area contributed by atoms with Gasteiger partial charge in [0.25, 0.3) is 5.91 Å². The van der Waals surface area contributed by atoms with Gasteiger partial charge in [0, 0.05) is 9.37 Å². The summed E-state index contributed by atoms with van der Waals surface area (Å²) in [6.45, 7) is 0. The summed E-state index contributed by atoms with van der Waals surface area (Å²) in [4.78, 5) is 18.4. The lowest BCUT2D eigenvalue weighted by Gasteiger charge is -1.98. The molecule has 1 aliphatic rings. The number of benzene rings is 2. The number of nitrogens with zero attached hydrogens (tertiary/aromatic N) is 1. The first kappa shape index (κ1) is 16.4. The highest BCUT2D eigenvalue weighted by Gasteiger charge is 2.23. The second-order valence-corrected chi connectivity index (χ2v) is 7.47. The Morgan fingerprint density at radius 3 is 2.61 bits per heavy atom. The zero-order chi connectivity index (χ0) is 16.2. The van der Waals surface area contributed by atoms with E-state index in [0.29, 0.717) is 10.1 Å². The van der Waals surface area contributed by atoms with Gasteiger partial charge in [0.2, 0.25) is 0 Å². The lowest BCUT2D eigenvalue weighted by molar-refractivity contribution is -0.115. The van der Waals surface area contributed by atoms with Gasteiger partial charge in [-0.05, 0) is 69.9 Å². The fourth-order valence-electron chi connectivity index (χ4n) is 1.98. The van der Waals surface area contributed by atoms with Crippen LogP contribution in [-0.4, -0.2) is 17.3 Å². The lowest BCUT2D eigenvalue weighted by atomic mass is 10.2. The molecule has 0 aromatic heterocycles. The number of para-hydroxylation sites is 1. The van der Waals surface area contributed by atoms with Gasteiger partial charge in [0.15, 0.2) is 5.17 Å². The molecule has 0 atom stereocenters. The number of carbonyl (C=O) groups is 1. The number of amidine groups is 1.